The third-order valence-electron chi connectivity index (χ3n) is 3.92. The van der Waals surface area contributed by atoms with Crippen LogP contribution in [0.2, 0.25) is 0 Å². The summed E-state index contributed by atoms with van der Waals surface area (Å²) in [7, 11) is 0. The summed E-state index contributed by atoms with van der Waals surface area (Å²) in [5, 5.41) is 12.1. The molecule has 21 heavy (non-hydrogen) atoms. The average Bonchev–Trinajstić information content (AvgIpc) is 2.42. The Balaban J connectivity index is 2.67. The molecule has 2 N–H and O–H groups in total. The van der Waals surface area contributed by atoms with Gasteiger partial charge in [-0.2, -0.15) is 0 Å². The van der Waals surface area contributed by atoms with Gasteiger partial charge < -0.3 is 10.4 Å². The van der Waals surface area contributed by atoms with E-state index in [9.17, 15) is 14.7 Å². The standard InChI is InChI=1S/C17H25NO3/c1-5-17(3,4)16(21)18-11-14(15(19)20)10-13-8-6-7-12(2)9-13/h6-9,14H,5,10-11H2,1-4H3,(H,18,21)(H,19,20). The molecule has 116 valence electrons. The molecular formula is C17H25NO3. The first-order valence-electron chi connectivity index (χ1n) is 7.33. The van der Waals surface area contributed by atoms with E-state index in [-0.39, 0.29) is 12.5 Å². The molecule has 0 aliphatic rings. The minimum Gasteiger partial charge on any atom is -0.481 e. The highest BCUT2D eigenvalue weighted by Gasteiger charge is 2.27. The second-order valence-corrected chi connectivity index (χ2v) is 6.18. The molecule has 1 aromatic rings. The zero-order valence-corrected chi connectivity index (χ0v) is 13.3. The number of hydrogen-bond acceptors (Lipinski definition) is 2. The van der Waals surface area contributed by atoms with Crippen molar-refractivity contribution >= 4 is 11.9 Å². The zero-order chi connectivity index (χ0) is 16.0. The number of carbonyl (C=O) groups excluding carboxylic acids is 1. The van der Waals surface area contributed by atoms with Crippen LogP contribution >= 0.6 is 0 Å². The van der Waals surface area contributed by atoms with Crippen LogP contribution in [0.15, 0.2) is 24.3 Å². The third-order valence-corrected chi connectivity index (χ3v) is 3.92. The lowest BCUT2D eigenvalue weighted by Crippen LogP contribution is -2.41. The van der Waals surface area contributed by atoms with Gasteiger partial charge in [0.05, 0.1) is 5.92 Å². The second kappa shape index (κ2) is 7.25. The lowest BCUT2D eigenvalue weighted by atomic mass is 9.89. The Morgan fingerprint density at radius 3 is 2.52 bits per heavy atom. The molecule has 0 heterocycles. The molecule has 1 amide bonds. The van der Waals surface area contributed by atoms with Crippen molar-refractivity contribution in [2.24, 2.45) is 11.3 Å². The fourth-order valence-corrected chi connectivity index (χ4v) is 1.99. The maximum Gasteiger partial charge on any atom is 0.308 e. The van der Waals surface area contributed by atoms with Gasteiger partial charge in [0.2, 0.25) is 5.91 Å². The lowest BCUT2D eigenvalue weighted by molar-refractivity contribution is -0.141. The highest BCUT2D eigenvalue weighted by molar-refractivity contribution is 5.82. The van der Waals surface area contributed by atoms with E-state index in [1.807, 2.05) is 52.0 Å². The molecule has 0 radical (unpaired) electrons. The van der Waals surface area contributed by atoms with Gasteiger partial charge in [-0.25, -0.2) is 0 Å². The second-order valence-electron chi connectivity index (χ2n) is 6.18. The molecule has 1 unspecified atom stereocenters. The van der Waals surface area contributed by atoms with Gasteiger partial charge in [0, 0.05) is 12.0 Å². The van der Waals surface area contributed by atoms with Crippen molar-refractivity contribution < 1.29 is 14.7 Å². The number of rotatable bonds is 7. The largest absolute Gasteiger partial charge is 0.481 e. The van der Waals surface area contributed by atoms with E-state index in [0.717, 1.165) is 11.1 Å². The van der Waals surface area contributed by atoms with E-state index in [4.69, 9.17) is 0 Å². The summed E-state index contributed by atoms with van der Waals surface area (Å²) in [6.45, 7) is 7.80. The van der Waals surface area contributed by atoms with Crippen LogP contribution in [0.25, 0.3) is 0 Å². The minimum atomic E-state index is -0.883. The molecule has 0 aromatic heterocycles. The van der Waals surface area contributed by atoms with Crippen LogP contribution in [0.4, 0.5) is 0 Å². The van der Waals surface area contributed by atoms with Crippen molar-refractivity contribution in [2.45, 2.75) is 40.5 Å². The van der Waals surface area contributed by atoms with E-state index in [2.05, 4.69) is 5.32 Å². The van der Waals surface area contributed by atoms with Gasteiger partial charge in [-0.15, -0.1) is 0 Å². The van der Waals surface area contributed by atoms with Crippen molar-refractivity contribution in [1.82, 2.24) is 5.32 Å². The highest BCUT2D eigenvalue weighted by atomic mass is 16.4. The summed E-state index contributed by atoms with van der Waals surface area (Å²) in [4.78, 5) is 23.4. The molecule has 0 aliphatic heterocycles. The highest BCUT2D eigenvalue weighted by Crippen LogP contribution is 2.19. The van der Waals surface area contributed by atoms with Crippen LogP contribution in [0.5, 0.6) is 0 Å². The fourth-order valence-electron chi connectivity index (χ4n) is 1.99. The Labute approximate surface area is 126 Å². The normalized spacial score (nSPS) is 12.8. The molecule has 0 bridgehead atoms. The predicted octanol–water partition coefficient (Wildman–Crippen LogP) is 2.79. The summed E-state index contributed by atoms with van der Waals surface area (Å²) >= 11 is 0. The summed E-state index contributed by atoms with van der Waals surface area (Å²) in [6.07, 6.45) is 1.14. The molecule has 0 saturated carbocycles. The number of hydrogen-bond donors (Lipinski definition) is 2. The molecule has 0 aliphatic carbocycles. The number of aryl methyl sites for hydroxylation is 1. The molecule has 1 aromatic carbocycles. The fraction of sp³-hybridized carbons (Fsp3) is 0.529. The van der Waals surface area contributed by atoms with Gasteiger partial charge >= 0.3 is 5.97 Å². The van der Waals surface area contributed by atoms with Gasteiger partial charge in [-0.05, 0) is 25.3 Å². The van der Waals surface area contributed by atoms with Crippen LogP contribution in [0, 0.1) is 18.3 Å². The van der Waals surface area contributed by atoms with Crippen LogP contribution in [-0.2, 0) is 16.0 Å². The molecular weight excluding hydrogens is 266 g/mol. The molecule has 1 rings (SSSR count). The SMILES string of the molecule is CCC(C)(C)C(=O)NCC(Cc1cccc(C)c1)C(=O)O. The summed E-state index contributed by atoms with van der Waals surface area (Å²) in [5.41, 5.74) is 1.62. The first-order chi connectivity index (χ1) is 9.76. The number of carboxylic acid groups (broad SMARTS) is 1. The van der Waals surface area contributed by atoms with E-state index in [0.29, 0.717) is 12.8 Å². The summed E-state index contributed by atoms with van der Waals surface area (Å²) in [5.74, 6) is -1.59. The maximum atomic E-state index is 12.0. The van der Waals surface area contributed by atoms with E-state index < -0.39 is 17.3 Å². The van der Waals surface area contributed by atoms with Crippen LogP contribution in [0.1, 0.15) is 38.3 Å². The van der Waals surface area contributed by atoms with Gasteiger partial charge in [-0.3, -0.25) is 9.59 Å². The van der Waals surface area contributed by atoms with Gasteiger partial charge in [0.25, 0.3) is 0 Å². The van der Waals surface area contributed by atoms with Crippen LogP contribution < -0.4 is 5.32 Å². The summed E-state index contributed by atoms with van der Waals surface area (Å²) in [6, 6.07) is 7.79. The summed E-state index contributed by atoms with van der Waals surface area (Å²) < 4.78 is 0. The van der Waals surface area contributed by atoms with Crippen molar-refractivity contribution in [2.75, 3.05) is 6.54 Å². The zero-order valence-electron chi connectivity index (χ0n) is 13.3. The van der Waals surface area contributed by atoms with Crippen LogP contribution in [0.3, 0.4) is 0 Å². The van der Waals surface area contributed by atoms with E-state index in [1.54, 1.807) is 0 Å². The first-order valence-corrected chi connectivity index (χ1v) is 7.33. The molecule has 4 nitrogen and oxygen atoms in total. The molecule has 0 fully saturated rings. The number of aliphatic carboxylic acids is 1. The molecule has 0 spiro atoms. The number of amides is 1. The van der Waals surface area contributed by atoms with Crippen molar-refractivity contribution in [3.63, 3.8) is 0 Å². The Kier molecular flexibility index (Phi) is 5.94. The molecule has 1 atom stereocenters. The first kappa shape index (κ1) is 17.2. The van der Waals surface area contributed by atoms with E-state index in [1.165, 1.54) is 0 Å². The van der Waals surface area contributed by atoms with Crippen molar-refractivity contribution in [1.29, 1.82) is 0 Å². The van der Waals surface area contributed by atoms with Gasteiger partial charge in [0.1, 0.15) is 0 Å². The maximum absolute atomic E-state index is 12.0. The smallest absolute Gasteiger partial charge is 0.308 e. The Morgan fingerprint density at radius 2 is 2.00 bits per heavy atom. The van der Waals surface area contributed by atoms with Gasteiger partial charge in [-0.1, -0.05) is 50.6 Å². The minimum absolute atomic E-state index is 0.0968. The Hall–Kier alpha value is -1.84. The Bertz CT molecular complexity index is 509. The van der Waals surface area contributed by atoms with Gasteiger partial charge in [0.15, 0.2) is 0 Å². The predicted molar refractivity (Wildman–Crippen MR) is 83.1 cm³/mol. The third kappa shape index (κ3) is 5.21. The van der Waals surface area contributed by atoms with Crippen molar-refractivity contribution in [3.8, 4) is 0 Å². The van der Waals surface area contributed by atoms with Crippen molar-refractivity contribution in [3.05, 3.63) is 35.4 Å². The average molecular weight is 291 g/mol. The topological polar surface area (TPSA) is 66.4 Å². The van der Waals surface area contributed by atoms with Crippen LogP contribution in [-0.4, -0.2) is 23.5 Å². The Morgan fingerprint density at radius 1 is 1.33 bits per heavy atom. The number of benzene rings is 1. The number of nitrogens with one attached hydrogen (secondary N) is 1. The lowest BCUT2D eigenvalue weighted by Gasteiger charge is -2.23. The monoisotopic (exact) mass is 291 g/mol. The quantitative estimate of drug-likeness (QED) is 0.812. The number of carbonyl (C=O) groups is 2. The number of carboxylic acids is 1. The molecule has 4 heteroatoms. The van der Waals surface area contributed by atoms with E-state index >= 15 is 0 Å². The molecule has 0 saturated heterocycles.